The van der Waals surface area contributed by atoms with Gasteiger partial charge in [-0.3, -0.25) is 5.32 Å². The third-order valence-corrected chi connectivity index (χ3v) is 3.45. The number of carbonyl (C=O) groups is 1. The van der Waals surface area contributed by atoms with Crippen molar-refractivity contribution in [2.75, 3.05) is 26.9 Å². The van der Waals surface area contributed by atoms with E-state index in [1.54, 1.807) is 0 Å². The van der Waals surface area contributed by atoms with Gasteiger partial charge in [0.2, 0.25) is 0 Å². The molecule has 0 amide bonds. The minimum absolute atomic E-state index is 0.188. The van der Waals surface area contributed by atoms with Crippen molar-refractivity contribution in [1.82, 2.24) is 5.32 Å². The van der Waals surface area contributed by atoms with Crippen LogP contribution in [-0.4, -0.2) is 50.6 Å². The van der Waals surface area contributed by atoms with Crippen LogP contribution in [0.1, 0.15) is 32.6 Å². The lowest BCUT2D eigenvalue weighted by atomic mass is 10.0. The number of rotatable bonds is 7. The van der Waals surface area contributed by atoms with Crippen molar-refractivity contribution in [1.29, 1.82) is 0 Å². The molecule has 5 nitrogen and oxygen atoms in total. The SMILES string of the molecule is COC(=O)C(C)(COCC1CCCO1)NC1CC1. The van der Waals surface area contributed by atoms with E-state index < -0.39 is 5.54 Å². The molecule has 5 heteroatoms. The number of methoxy groups -OCH3 is 1. The highest BCUT2D eigenvalue weighted by Crippen LogP contribution is 2.23. The summed E-state index contributed by atoms with van der Waals surface area (Å²) in [6, 6.07) is 0.431. The molecule has 0 aromatic heterocycles. The van der Waals surface area contributed by atoms with Crippen LogP contribution in [0, 0.1) is 0 Å². The highest BCUT2D eigenvalue weighted by Gasteiger charge is 2.39. The molecule has 0 radical (unpaired) electrons. The third kappa shape index (κ3) is 3.67. The zero-order chi connectivity index (χ0) is 13.0. The van der Waals surface area contributed by atoms with Crippen LogP contribution in [-0.2, 0) is 19.0 Å². The Hall–Kier alpha value is -0.650. The van der Waals surface area contributed by atoms with Crippen LogP contribution in [0.3, 0.4) is 0 Å². The molecular weight excluding hydrogens is 234 g/mol. The van der Waals surface area contributed by atoms with E-state index in [1.165, 1.54) is 7.11 Å². The van der Waals surface area contributed by atoms with Crippen molar-refractivity contribution >= 4 is 5.97 Å². The van der Waals surface area contributed by atoms with Crippen LogP contribution in [0.4, 0.5) is 0 Å². The average Bonchev–Trinajstić information content (AvgIpc) is 3.01. The Morgan fingerprint density at radius 2 is 2.22 bits per heavy atom. The summed E-state index contributed by atoms with van der Waals surface area (Å²) in [4.78, 5) is 11.8. The fourth-order valence-corrected chi connectivity index (χ4v) is 2.23. The van der Waals surface area contributed by atoms with Crippen LogP contribution >= 0.6 is 0 Å². The first-order valence-corrected chi connectivity index (χ1v) is 6.69. The lowest BCUT2D eigenvalue weighted by molar-refractivity contribution is -0.151. The second-order valence-corrected chi connectivity index (χ2v) is 5.39. The Morgan fingerprint density at radius 1 is 1.44 bits per heavy atom. The molecule has 0 spiro atoms. The number of nitrogens with one attached hydrogen (secondary N) is 1. The second-order valence-electron chi connectivity index (χ2n) is 5.39. The molecule has 104 valence electrons. The van der Waals surface area contributed by atoms with Crippen LogP contribution in [0.2, 0.25) is 0 Å². The van der Waals surface area contributed by atoms with Crippen molar-refractivity contribution in [3.05, 3.63) is 0 Å². The van der Waals surface area contributed by atoms with Gasteiger partial charge in [0.15, 0.2) is 0 Å². The topological polar surface area (TPSA) is 56.8 Å². The summed E-state index contributed by atoms with van der Waals surface area (Å²) in [7, 11) is 1.41. The Bertz CT molecular complexity index is 287. The highest BCUT2D eigenvalue weighted by molar-refractivity contribution is 5.80. The largest absolute Gasteiger partial charge is 0.468 e. The van der Waals surface area contributed by atoms with Crippen LogP contribution in [0.25, 0.3) is 0 Å². The maximum absolute atomic E-state index is 11.8. The van der Waals surface area contributed by atoms with Crippen molar-refractivity contribution in [3.63, 3.8) is 0 Å². The first-order chi connectivity index (χ1) is 8.64. The van der Waals surface area contributed by atoms with E-state index in [2.05, 4.69) is 5.32 Å². The monoisotopic (exact) mass is 257 g/mol. The summed E-state index contributed by atoms with van der Waals surface area (Å²) < 4.78 is 16.0. The summed E-state index contributed by atoms with van der Waals surface area (Å²) in [5.74, 6) is -0.262. The van der Waals surface area contributed by atoms with Gasteiger partial charge < -0.3 is 14.2 Å². The predicted molar refractivity (Wildman–Crippen MR) is 66.4 cm³/mol. The molecule has 1 N–H and O–H groups in total. The van der Waals surface area contributed by atoms with Crippen molar-refractivity contribution in [2.45, 2.75) is 50.3 Å². The molecule has 2 rings (SSSR count). The van der Waals surface area contributed by atoms with Crippen molar-refractivity contribution in [2.24, 2.45) is 0 Å². The van der Waals surface area contributed by atoms with Crippen LogP contribution in [0.5, 0.6) is 0 Å². The molecule has 0 bridgehead atoms. The highest BCUT2D eigenvalue weighted by atomic mass is 16.5. The maximum Gasteiger partial charge on any atom is 0.328 e. The summed E-state index contributed by atoms with van der Waals surface area (Å²) in [6.45, 7) is 3.55. The molecule has 1 aliphatic carbocycles. The Labute approximate surface area is 108 Å². The minimum atomic E-state index is -0.742. The van der Waals surface area contributed by atoms with Gasteiger partial charge in [-0.25, -0.2) is 4.79 Å². The molecule has 0 aromatic rings. The van der Waals surface area contributed by atoms with E-state index in [9.17, 15) is 4.79 Å². The summed E-state index contributed by atoms with van der Waals surface area (Å²) in [6.07, 6.45) is 4.58. The Balaban J connectivity index is 1.78. The minimum Gasteiger partial charge on any atom is -0.468 e. The van der Waals surface area contributed by atoms with E-state index >= 15 is 0 Å². The van der Waals surface area contributed by atoms with Gasteiger partial charge in [-0.05, 0) is 32.6 Å². The van der Waals surface area contributed by atoms with E-state index in [1.807, 2.05) is 6.92 Å². The molecule has 2 fully saturated rings. The summed E-state index contributed by atoms with van der Waals surface area (Å²) in [5, 5.41) is 3.30. The fraction of sp³-hybridized carbons (Fsp3) is 0.923. The molecular formula is C13H23NO4. The van der Waals surface area contributed by atoms with Gasteiger partial charge in [0, 0.05) is 12.6 Å². The van der Waals surface area contributed by atoms with E-state index in [0.29, 0.717) is 19.3 Å². The molecule has 0 aromatic carbocycles. The van der Waals surface area contributed by atoms with Crippen LogP contribution in [0.15, 0.2) is 0 Å². The zero-order valence-electron chi connectivity index (χ0n) is 11.2. The van der Waals surface area contributed by atoms with Gasteiger partial charge in [0.25, 0.3) is 0 Å². The standard InChI is InChI=1S/C13H23NO4/c1-13(12(15)16-2,14-10-5-6-10)9-17-8-11-4-3-7-18-11/h10-11,14H,3-9H2,1-2H3. The normalized spacial score (nSPS) is 26.9. The van der Waals surface area contributed by atoms with Crippen molar-refractivity contribution in [3.8, 4) is 0 Å². The Morgan fingerprint density at radius 3 is 2.78 bits per heavy atom. The number of esters is 1. The molecule has 1 heterocycles. The van der Waals surface area contributed by atoms with E-state index in [-0.39, 0.29) is 12.1 Å². The molecule has 1 aliphatic heterocycles. The van der Waals surface area contributed by atoms with Gasteiger partial charge in [0.1, 0.15) is 5.54 Å². The lowest BCUT2D eigenvalue weighted by Crippen LogP contribution is -2.54. The van der Waals surface area contributed by atoms with Gasteiger partial charge >= 0.3 is 5.97 Å². The van der Waals surface area contributed by atoms with Gasteiger partial charge in [-0.2, -0.15) is 0 Å². The average molecular weight is 257 g/mol. The maximum atomic E-state index is 11.8. The first kappa shape index (κ1) is 13.8. The fourth-order valence-electron chi connectivity index (χ4n) is 2.23. The van der Waals surface area contributed by atoms with Crippen LogP contribution < -0.4 is 5.32 Å². The summed E-state index contributed by atoms with van der Waals surface area (Å²) in [5.41, 5.74) is -0.742. The number of ether oxygens (including phenoxy) is 3. The van der Waals surface area contributed by atoms with Gasteiger partial charge in [-0.1, -0.05) is 0 Å². The predicted octanol–water partition coefficient (Wildman–Crippen LogP) is 0.866. The second kappa shape index (κ2) is 5.99. The smallest absolute Gasteiger partial charge is 0.328 e. The third-order valence-electron chi connectivity index (χ3n) is 3.45. The molecule has 18 heavy (non-hydrogen) atoms. The number of carbonyl (C=O) groups excluding carboxylic acids is 1. The van der Waals surface area contributed by atoms with Crippen molar-refractivity contribution < 1.29 is 19.0 Å². The first-order valence-electron chi connectivity index (χ1n) is 6.69. The summed E-state index contributed by atoms with van der Waals surface area (Å²) >= 11 is 0. The number of hydrogen-bond donors (Lipinski definition) is 1. The molecule has 2 aliphatic rings. The lowest BCUT2D eigenvalue weighted by Gasteiger charge is -2.28. The van der Waals surface area contributed by atoms with E-state index in [4.69, 9.17) is 14.2 Å². The van der Waals surface area contributed by atoms with E-state index in [0.717, 1.165) is 32.3 Å². The molecule has 2 unspecified atom stereocenters. The molecule has 1 saturated heterocycles. The zero-order valence-corrected chi connectivity index (χ0v) is 11.2. The number of hydrogen-bond acceptors (Lipinski definition) is 5. The quantitative estimate of drug-likeness (QED) is 0.686. The molecule has 1 saturated carbocycles. The molecule has 2 atom stereocenters. The Kier molecular flexibility index (Phi) is 4.59. The van der Waals surface area contributed by atoms with Gasteiger partial charge in [0.05, 0.1) is 26.4 Å². The van der Waals surface area contributed by atoms with Gasteiger partial charge in [-0.15, -0.1) is 0 Å².